The third-order valence-corrected chi connectivity index (χ3v) is 2.65. The van der Waals surface area contributed by atoms with Crippen LogP contribution in [0, 0.1) is 0 Å². The second-order valence-corrected chi connectivity index (χ2v) is 4.12. The Morgan fingerprint density at radius 1 is 1.10 bits per heavy atom. The molecule has 0 aliphatic heterocycles. The fraction of sp³-hybridized carbons (Fsp3) is 0.0714. The molecule has 0 saturated carbocycles. The first-order valence-corrected chi connectivity index (χ1v) is 5.81. The monoisotopic (exact) mass is 272 g/mol. The van der Waals surface area contributed by atoms with E-state index >= 15 is 0 Å². The standard InChI is InChI=1S/C14H12N2O4/c17-13(18)10-4-11(14(19)20)6-12(5-10)16-8-9-2-1-3-15-7-9/h1-7,16H,8H2,(H,17,18)(H,19,20). The van der Waals surface area contributed by atoms with Crippen LogP contribution in [0.5, 0.6) is 0 Å². The first kappa shape index (κ1) is 13.5. The van der Waals surface area contributed by atoms with Crippen LogP contribution in [0.1, 0.15) is 26.3 Å². The Labute approximate surface area is 114 Å². The van der Waals surface area contributed by atoms with E-state index in [9.17, 15) is 9.59 Å². The van der Waals surface area contributed by atoms with Crippen molar-refractivity contribution in [1.82, 2.24) is 4.98 Å². The number of aromatic nitrogens is 1. The number of carboxylic acids is 2. The van der Waals surface area contributed by atoms with E-state index in [1.807, 2.05) is 6.07 Å². The van der Waals surface area contributed by atoms with Gasteiger partial charge in [0.25, 0.3) is 0 Å². The van der Waals surface area contributed by atoms with E-state index in [0.29, 0.717) is 12.2 Å². The molecule has 0 saturated heterocycles. The average molecular weight is 272 g/mol. The molecule has 0 spiro atoms. The number of rotatable bonds is 5. The summed E-state index contributed by atoms with van der Waals surface area (Å²) in [5.41, 5.74) is 1.20. The van der Waals surface area contributed by atoms with E-state index in [1.54, 1.807) is 18.5 Å². The highest BCUT2D eigenvalue weighted by Gasteiger charge is 2.11. The summed E-state index contributed by atoms with van der Waals surface area (Å²) in [6.45, 7) is 0.427. The molecule has 20 heavy (non-hydrogen) atoms. The summed E-state index contributed by atoms with van der Waals surface area (Å²) >= 11 is 0. The van der Waals surface area contributed by atoms with Crippen molar-refractivity contribution < 1.29 is 19.8 Å². The minimum atomic E-state index is -1.17. The summed E-state index contributed by atoms with van der Waals surface area (Å²) in [7, 11) is 0. The molecule has 0 unspecified atom stereocenters. The second kappa shape index (κ2) is 5.83. The number of nitrogens with zero attached hydrogens (tertiary/aromatic N) is 1. The summed E-state index contributed by atoms with van der Waals surface area (Å²) in [6, 6.07) is 7.56. The van der Waals surface area contributed by atoms with E-state index in [1.165, 1.54) is 12.1 Å². The number of hydrogen-bond donors (Lipinski definition) is 3. The SMILES string of the molecule is O=C(O)c1cc(NCc2cccnc2)cc(C(=O)O)c1. The van der Waals surface area contributed by atoms with E-state index in [0.717, 1.165) is 11.6 Å². The van der Waals surface area contributed by atoms with Gasteiger partial charge in [-0.1, -0.05) is 6.07 Å². The van der Waals surface area contributed by atoms with Gasteiger partial charge in [-0.15, -0.1) is 0 Å². The molecule has 0 fully saturated rings. The molecule has 3 N–H and O–H groups in total. The normalized spacial score (nSPS) is 10.0. The van der Waals surface area contributed by atoms with Crippen molar-refractivity contribution in [2.24, 2.45) is 0 Å². The molecule has 6 nitrogen and oxygen atoms in total. The first-order chi connectivity index (χ1) is 9.56. The molecule has 0 aliphatic carbocycles. The Balaban J connectivity index is 2.22. The highest BCUT2D eigenvalue weighted by Crippen LogP contribution is 2.16. The lowest BCUT2D eigenvalue weighted by Crippen LogP contribution is -2.06. The summed E-state index contributed by atoms with van der Waals surface area (Å²) in [6.07, 6.45) is 3.32. The Hall–Kier alpha value is -2.89. The van der Waals surface area contributed by atoms with Crippen LogP contribution in [0.25, 0.3) is 0 Å². The van der Waals surface area contributed by atoms with Gasteiger partial charge in [0.1, 0.15) is 0 Å². The third kappa shape index (κ3) is 3.32. The predicted molar refractivity (Wildman–Crippen MR) is 71.9 cm³/mol. The van der Waals surface area contributed by atoms with Crippen molar-refractivity contribution in [2.45, 2.75) is 6.54 Å². The summed E-state index contributed by atoms with van der Waals surface area (Å²) in [4.78, 5) is 25.9. The van der Waals surface area contributed by atoms with Gasteiger partial charge in [0, 0.05) is 24.6 Å². The number of carboxylic acid groups (broad SMARTS) is 2. The van der Waals surface area contributed by atoms with Gasteiger partial charge in [-0.25, -0.2) is 9.59 Å². The molecule has 0 bridgehead atoms. The molecule has 0 amide bonds. The average Bonchev–Trinajstić information content (AvgIpc) is 2.45. The largest absolute Gasteiger partial charge is 0.478 e. The topological polar surface area (TPSA) is 99.5 Å². The van der Waals surface area contributed by atoms with Crippen LogP contribution in [-0.2, 0) is 6.54 Å². The maximum Gasteiger partial charge on any atom is 0.335 e. The minimum Gasteiger partial charge on any atom is -0.478 e. The zero-order valence-corrected chi connectivity index (χ0v) is 10.4. The molecule has 2 rings (SSSR count). The van der Waals surface area contributed by atoms with Gasteiger partial charge in [-0.3, -0.25) is 4.98 Å². The molecule has 0 radical (unpaired) electrons. The fourth-order valence-electron chi connectivity index (χ4n) is 1.68. The molecule has 102 valence electrons. The van der Waals surface area contributed by atoms with E-state index in [2.05, 4.69) is 10.3 Å². The van der Waals surface area contributed by atoms with Crippen molar-refractivity contribution in [3.63, 3.8) is 0 Å². The maximum absolute atomic E-state index is 11.0. The molecule has 0 aliphatic rings. The smallest absolute Gasteiger partial charge is 0.335 e. The summed E-state index contributed by atoms with van der Waals surface area (Å²) in [5, 5.41) is 20.9. The lowest BCUT2D eigenvalue weighted by molar-refractivity contribution is 0.0696. The van der Waals surface area contributed by atoms with Crippen LogP contribution in [0.4, 0.5) is 5.69 Å². The lowest BCUT2D eigenvalue weighted by atomic mass is 10.1. The summed E-state index contributed by atoms with van der Waals surface area (Å²) < 4.78 is 0. The molecule has 2 aromatic rings. The van der Waals surface area contributed by atoms with Gasteiger partial charge in [-0.2, -0.15) is 0 Å². The van der Waals surface area contributed by atoms with E-state index in [-0.39, 0.29) is 11.1 Å². The number of carbonyl (C=O) groups is 2. The number of pyridine rings is 1. The second-order valence-electron chi connectivity index (χ2n) is 4.12. The van der Waals surface area contributed by atoms with Gasteiger partial charge in [0.05, 0.1) is 11.1 Å². The predicted octanol–water partition coefficient (Wildman–Crippen LogP) is 2.09. The molecule has 1 heterocycles. The Morgan fingerprint density at radius 2 is 1.75 bits per heavy atom. The van der Waals surface area contributed by atoms with Gasteiger partial charge in [-0.05, 0) is 29.8 Å². The van der Waals surface area contributed by atoms with E-state index in [4.69, 9.17) is 10.2 Å². The van der Waals surface area contributed by atoms with Crippen LogP contribution in [0.15, 0.2) is 42.7 Å². The first-order valence-electron chi connectivity index (χ1n) is 5.81. The third-order valence-electron chi connectivity index (χ3n) is 2.65. The van der Waals surface area contributed by atoms with Gasteiger partial charge in [0.2, 0.25) is 0 Å². The van der Waals surface area contributed by atoms with Crippen LogP contribution < -0.4 is 5.32 Å². The number of aromatic carboxylic acids is 2. The maximum atomic E-state index is 11.0. The van der Waals surface area contributed by atoms with Crippen LogP contribution >= 0.6 is 0 Å². The zero-order chi connectivity index (χ0) is 14.5. The van der Waals surface area contributed by atoms with Crippen molar-refractivity contribution in [2.75, 3.05) is 5.32 Å². The molecule has 1 aromatic heterocycles. The quantitative estimate of drug-likeness (QED) is 0.770. The van der Waals surface area contributed by atoms with Gasteiger partial charge >= 0.3 is 11.9 Å². The van der Waals surface area contributed by atoms with Crippen LogP contribution in [0.2, 0.25) is 0 Å². The van der Waals surface area contributed by atoms with Crippen LogP contribution in [-0.4, -0.2) is 27.1 Å². The molecular formula is C14H12N2O4. The van der Waals surface area contributed by atoms with E-state index < -0.39 is 11.9 Å². The highest BCUT2D eigenvalue weighted by molar-refractivity contribution is 5.95. The molecule has 1 aromatic carbocycles. The highest BCUT2D eigenvalue weighted by atomic mass is 16.4. The minimum absolute atomic E-state index is 0.0708. The number of hydrogen-bond acceptors (Lipinski definition) is 4. The fourth-order valence-corrected chi connectivity index (χ4v) is 1.68. The Morgan fingerprint density at radius 3 is 2.25 bits per heavy atom. The summed E-state index contributed by atoms with van der Waals surface area (Å²) in [5.74, 6) is -2.34. The molecule has 6 heteroatoms. The van der Waals surface area contributed by atoms with Gasteiger partial charge < -0.3 is 15.5 Å². The van der Waals surface area contributed by atoms with Crippen molar-refractivity contribution in [3.8, 4) is 0 Å². The zero-order valence-electron chi connectivity index (χ0n) is 10.4. The Kier molecular flexibility index (Phi) is 3.95. The molecular weight excluding hydrogens is 260 g/mol. The number of benzene rings is 1. The van der Waals surface area contributed by atoms with Crippen molar-refractivity contribution in [3.05, 3.63) is 59.4 Å². The Bertz CT molecular complexity index is 609. The van der Waals surface area contributed by atoms with Gasteiger partial charge in [0.15, 0.2) is 0 Å². The lowest BCUT2D eigenvalue weighted by Gasteiger charge is -2.08. The number of anilines is 1. The molecule has 0 atom stereocenters. The van der Waals surface area contributed by atoms with Crippen LogP contribution in [0.3, 0.4) is 0 Å². The van der Waals surface area contributed by atoms with Crippen molar-refractivity contribution >= 4 is 17.6 Å². The number of nitrogens with one attached hydrogen (secondary N) is 1. The van der Waals surface area contributed by atoms with Crippen molar-refractivity contribution in [1.29, 1.82) is 0 Å².